The van der Waals surface area contributed by atoms with Crippen molar-refractivity contribution < 1.29 is 18.8 Å². The van der Waals surface area contributed by atoms with Crippen molar-refractivity contribution in [2.75, 3.05) is 0 Å². The van der Waals surface area contributed by atoms with Gasteiger partial charge in [-0.1, -0.05) is 36.4 Å². The fourth-order valence-corrected chi connectivity index (χ4v) is 2.10. The molecule has 2 aromatic rings. The maximum atomic E-state index is 13.2. The zero-order valence-electron chi connectivity index (χ0n) is 12.2. The molecule has 6 heteroatoms. The van der Waals surface area contributed by atoms with Gasteiger partial charge in [-0.25, -0.2) is 4.39 Å². The Morgan fingerprint density at radius 1 is 1.04 bits per heavy atom. The molecule has 0 saturated carbocycles. The molecule has 2 aromatic carbocycles. The number of nitrogens with two attached hydrogens (primary N) is 1. The van der Waals surface area contributed by atoms with E-state index in [2.05, 4.69) is 5.32 Å². The number of carbonyl (C=O) groups excluding carboxylic acids is 3. The Morgan fingerprint density at radius 2 is 1.74 bits per heavy atom. The summed E-state index contributed by atoms with van der Waals surface area (Å²) in [6.07, 6.45) is 0.115. The largest absolute Gasteiger partial charge is 0.363 e. The molecule has 0 aromatic heterocycles. The molecule has 23 heavy (non-hydrogen) atoms. The number of benzene rings is 2. The van der Waals surface area contributed by atoms with Gasteiger partial charge in [-0.2, -0.15) is 0 Å². The van der Waals surface area contributed by atoms with Crippen LogP contribution in [0.5, 0.6) is 0 Å². The van der Waals surface area contributed by atoms with E-state index in [1.165, 1.54) is 18.2 Å². The van der Waals surface area contributed by atoms with Gasteiger partial charge in [0.2, 0.25) is 5.78 Å². The summed E-state index contributed by atoms with van der Waals surface area (Å²) in [6.45, 7) is 0. The SMILES string of the molecule is NC(=O)C(=O)C(Cc1ccccc1)NC(=O)c1cccc(F)c1. The number of primary amides is 1. The number of hydrogen-bond acceptors (Lipinski definition) is 3. The molecule has 0 spiro atoms. The van der Waals surface area contributed by atoms with E-state index in [9.17, 15) is 18.8 Å². The van der Waals surface area contributed by atoms with Crippen molar-refractivity contribution in [2.45, 2.75) is 12.5 Å². The Morgan fingerprint density at radius 3 is 2.35 bits per heavy atom. The van der Waals surface area contributed by atoms with Crippen LogP contribution in [0.3, 0.4) is 0 Å². The quantitative estimate of drug-likeness (QED) is 0.786. The topological polar surface area (TPSA) is 89.3 Å². The van der Waals surface area contributed by atoms with Crippen molar-refractivity contribution in [1.82, 2.24) is 5.32 Å². The minimum Gasteiger partial charge on any atom is -0.363 e. The van der Waals surface area contributed by atoms with Crippen LogP contribution in [0.4, 0.5) is 4.39 Å². The van der Waals surface area contributed by atoms with Crippen molar-refractivity contribution in [3.05, 3.63) is 71.5 Å². The lowest BCUT2D eigenvalue weighted by molar-refractivity contribution is -0.137. The Hall–Kier alpha value is -3.02. The van der Waals surface area contributed by atoms with Gasteiger partial charge < -0.3 is 11.1 Å². The second-order valence-corrected chi connectivity index (χ2v) is 4.95. The number of hydrogen-bond donors (Lipinski definition) is 2. The first-order chi connectivity index (χ1) is 11.0. The van der Waals surface area contributed by atoms with E-state index in [0.29, 0.717) is 0 Å². The standard InChI is InChI=1S/C17H15FN2O3/c18-13-8-4-7-12(10-13)17(23)20-14(15(21)16(19)22)9-11-5-2-1-3-6-11/h1-8,10,14H,9H2,(H2,19,22)(H,20,23). The molecule has 3 N–H and O–H groups in total. The lowest BCUT2D eigenvalue weighted by Gasteiger charge is -2.16. The molecule has 1 atom stereocenters. The average Bonchev–Trinajstić information content (AvgIpc) is 2.54. The average molecular weight is 314 g/mol. The molecule has 0 saturated heterocycles. The predicted molar refractivity (Wildman–Crippen MR) is 82.0 cm³/mol. The molecule has 0 heterocycles. The van der Waals surface area contributed by atoms with Gasteiger partial charge in [-0.3, -0.25) is 14.4 Å². The molecule has 1 unspecified atom stereocenters. The van der Waals surface area contributed by atoms with Crippen molar-refractivity contribution >= 4 is 17.6 Å². The molecule has 0 aliphatic rings. The Balaban J connectivity index is 2.19. The first-order valence-corrected chi connectivity index (χ1v) is 6.91. The number of amides is 2. The lowest BCUT2D eigenvalue weighted by Crippen LogP contribution is -2.47. The summed E-state index contributed by atoms with van der Waals surface area (Å²) in [7, 11) is 0. The molecule has 0 bridgehead atoms. The summed E-state index contributed by atoms with van der Waals surface area (Å²) in [6, 6.07) is 12.8. The molecule has 0 fully saturated rings. The summed E-state index contributed by atoms with van der Waals surface area (Å²) < 4.78 is 13.2. The van der Waals surface area contributed by atoms with Gasteiger partial charge in [0.1, 0.15) is 11.9 Å². The highest BCUT2D eigenvalue weighted by Gasteiger charge is 2.25. The van der Waals surface area contributed by atoms with E-state index in [1.807, 2.05) is 0 Å². The molecule has 5 nitrogen and oxygen atoms in total. The summed E-state index contributed by atoms with van der Waals surface area (Å²) in [4.78, 5) is 35.2. The first kappa shape index (κ1) is 16.4. The van der Waals surface area contributed by atoms with Crippen LogP contribution in [-0.4, -0.2) is 23.6 Å². The summed E-state index contributed by atoms with van der Waals surface area (Å²) in [5, 5.41) is 2.43. The monoisotopic (exact) mass is 314 g/mol. The van der Waals surface area contributed by atoms with Crippen LogP contribution in [0, 0.1) is 5.82 Å². The van der Waals surface area contributed by atoms with Gasteiger partial charge in [-0.05, 0) is 23.8 Å². The highest BCUT2D eigenvalue weighted by atomic mass is 19.1. The maximum absolute atomic E-state index is 13.2. The van der Waals surface area contributed by atoms with Gasteiger partial charge in [0.25, 0.3) is 11.8 Å². The number of Topliss-reactive ketones (excluding diaryl/α,β-unsaturated/α-hetero) is 1. The second-order valence-electron chi connectivity index (χ2n) is 4.95. The van der Waals surface area contributed by atoms with E-state index in [4.69, 9.17) is 5.73 Å². The summed E-state index contributed by atoms with van der Waals surface area (Å²) in [5.74, 6) is -3.26. The normalized spacial score (nSPS) is 11.5. The lowest BCUT2D eigenvalue weighted by atomic mass is 10.0. The third-order valence-electron chi connectivity index (χ3n) is 3.23. The number of rotatable bonds is 6. The fourth-order valence-electron chi connectivity index (χ4n) is 2.10. The molecular weight excluding hydrogens is 299 g/mol. The highest BCUT2D eigenvalue weighted by molar-refractivity contribution is 6.38. The Bertz CT molecular complexity index is 732. The fraction of sp³-hybridized carbons (Fsp3) is 0.118. The van der Waals surface area contributed by atoms with Gasteiger partial charge in [0, 0.05) is 12.0 Å². The second kappa shape index (κ2) is 7.31. The van der Waals surface area contributed by atoms with Crippen LogP contribution in [0.1, 0.15) is 15.9 Å². The number of ketones is 1. The summed E-state index contributed by atoms with van der Waals surface area (Å²) >= 11 is 0. The zero-order chi connectivity index (χ0) is 16.8. The number of carbonyl (C=O) groups is 3. The number of nitrogens with one attached hydrogen (secondary N) is 1. The third-order valence-corrected chi connectivity index (χ3v) is 3.23. The van der Waals surface area contributed by atoms with Crippen molar-refractivity contribution in [3.63, 3.8) is 0 Å². The molecule has 0 aliphatic heterocycles. The van der Waals surface area contributed by atoms with E-state index in [-0.39, 0.29) is 12.0 Å². The van der Waals surface area contributed by atoms with Crippen LogP contribution < -0.4 is 11.1 Å². The van der Waals surface area contributed by atoms with Gasteiger partial charge in [-0.15, -0.1) is 0 Å². The molecular formula is C17H15FN2O3. The van der Waals surface area contributed by atoms with Crippen LogP contribution in [0.25, 0.3) is 0 Å². The Kier molecular flexibility index (Phi) is 5.19. The van der Waals surface area contributed by atoms with Gasteiger partial charge in [0.05, 0.1) is 0 Å². The summed E-state index contributed by atoms with van der Waals surface area (Å²) in [5.41, 5.74) is 5.84. The molecule has 0 aliphatic carbocycles. The van der Waals surface area contributed by atoms with Gasteiger partial charge >= 0.3 is 0 Å². The number of halogens is 1. The van der Waals surface area contributed by atoms with Crippen LogP contribution in [-0.2, 0) is 16.0 Å². The van der Waals surface area contributed by atoms with Crippen LogP contribution >= 0.6 is 0 Å². The maximum Gasteiger partial charge on any atom is 0.287 e. The molecule has 118 valence electrons. The first-order valence-electron chi connectivity index (χ1n) is 6.91. The van der Waals surface area contributed by atoms with Crippen LogP contribution in [0.2, 0.25) is 0 Å². The van der Waals surface area contributed by atoms with Crippen LogP contribution in [0.15, 0.2) is 54.6 Å². The van der Waals surface area contributed by atoms with E-state index in [1.54, 1.807) is 30.3 Å². The highest BCUT2D eigenvalue weighted by Crippen LogP contribution is 2.07. The molecule has 0 radical (unpaired) electrons. The zero-order valence-corrected chi connectivity index (χ0v) is 12.2. The third kappa shape index (κ3) is 4.47. The van der Waals surface area contributed by atoms with Crippen molar-refractivity contribution in [3.8, 4) is 0 Å². The Labute approximate surface area is 132 Å². The van der Waals surface area contributed by atoms with Crippen molar-refractivity contribution in [2.24, 2.45) is 5.73 Å². The molecule has 2 rings (SSSR count). The predicted octanol–water partition coefficient (Wildman–Crippen LogP) is 1.22. The molecule has 2 amide bonds. The van der Waals surface area contributed by atoms with Crippen molar-refractivity contribution in [1.29, 1.82) is 0 Å². The smallest absolute Gasteiger partial charge is 0.287 e. The van der Waals surface area contributed by atoms with Gasteiger partial charge in [0.15, 0.2) is 0 Å². The minimum atomic E-state index is -1.13. The van der Waals surface area contributed by atoms with E-state index in [0.717, 1.165) is 11.6 Å². The minimum absolute atomic E-state index is 0.0559. The van der Waals surface area contributed by atoms with E-state index < -0.39 is 29.5 Å². The van der Waals surface area contributed by atoms with E-state index >= 15 is 0 Å².